The summed E-state index contributed by atoms with van der Waals surface area (Å²) in [7, 11) is 2.19. The third-order valence-electron chi connectivity index (χ3n) is 5.52. The van der Waals surface area contributed by atoms with Crippen molar-refractivity contribution in [3.05, 3.63) is 64.1 Å². The van der Waals surface area contributed by atoms with E-state index >= 15 is 0 Å². The van der Waals surface area contributed by atoms with E-state index in [0.717, 1.165) is 29.2 Å². The first kappa shape index (κ1) is 17.3. The maximum atomic E-state index is 6.31. The predicted molar refractivity (Wildman–Crippen MR) is 110 cm³/mol. The summed E-state index contributed by atoms with van der Waals surface area (Å²) in [4.78, 5) is 6.85. The summed E-state index contributed by atoms with van der Waals surface area (Å²) in [5.74, 6) is 0. The van der Waals surface area contributed by atoms with Crippen LogP contribution in [-0.4, -0.2) is 27.5 Å². The fourth-order valence-electron chi connectivity index (χ4n) is 3.76. The van der Waals surface area contributed by atoms with Gasteiger partial charge in [-0.3, -0.25) is 9.88 Å². The Balaban J connectivity index is 1.90. The van der Waals surface area contributed by atoms with Crippen LogP contribution in [-0.2, 0) is 13.0 Å². The van der Waals surface area contributed by atoms with Gasteiger partial charge in [0.1, 0.15) is 0 Å². The Bertz CT molecular complexity index is 998. The first-order chi connectivity index (χ1) is 12.4. The lowest BCUT2D eigenvalue weighted by Gasteiger charge is -2.30. The van der Waals surface area contributed by atoms with Crippen LogP contribution >= 0.6 is 11.6 Å². The van der Waals surface area contributed by atoms with Gasteiger partial charge in [0.25, 0.3) is 0 Å². The number of allylic oxidation sites excluding steroid dienone is 1. The molecule has 0 bridgehead atoms. The second-order valence-corrected chi connectivity index (χ2v) is 7.86. The molecule has 0 radical (unpaired) electrons. The van der Waals surface area contributed by atoms with E-state index in [2.05, 4.69) is 65.8 Å². The van der Waals surface area contributed by atoms with Crippen LogP contribution in [0.4, 0.5) is 0 Å². The van der Waals surface area contributed by atoms with Gasteiger partial charge in [-0.2, -0.15) is 0 Å². The van der Waals surface area contributed by atoms with Crippen LogP contribution in [0.2, 0.25) is 5.02 Å². The summed E-state index contributed by atoms with van der Waals surface area (Å²) >= 11 is 6.31. The molecule has 4 rings (SSSR count). The van der Waals surface area contributed by atoms with E-state index in [1.165, 1.54) is 27.7 Å². The fraction of sp³-hybridized carbons (Fsp3) is 0.318. The number of halogens is 1. The molecule has 0 saturated heterocycles. The Morgan fingerprint density at radius 1 is 1.27 bits per heavy atom. The van der Waals surface area contributed by atoms with E-state index in [1.807, 2.05) is 19.2 Å². The van der Waals surface area contributed by atoms with Crippen molar-refractivity contribution >= 4 is 34.3 Å². The summed E-state index contributed by atoms with van der Waals surface area (Å²) in [5.41, 5.74) is 7.42. The SMILES string of the molecule is CC(=Cn1c2c(c3cc(Cl)ccc31)CN(C)C(C)C2)c1ccc(C)nc1. The topological polar surface area (TPSA) is 21.1 Å². The van der Waals surface area contributed by atoms with Crippen molar-refractivity contribution in [3.63, 3.8) is 0 Å². The lowest BCUT2D eigenvalue weighted by atomic mass is 10.00. The lowest BCUT2D eigenvalue weighted by Crippen LogP contribution is -2.35. The minimum Gasteiger partial charge on any atom is -0.320 e. The molecule has 1 atom stereocenters. The molecule has 1 aliphatic heterocycles. The molecule has 3 nitrogen and oxygen atoms in total. The van der Waals surface area contributed by atoms with Crippen LogP contribution in [0.5, 0.6) is 0 Å². The monoisotopic (exact) mass is 365 g/mol. The molecule has 3 aromatic rings. The number of pyridine rings is 1. The zero-order chi connectivity index (χ0) is 18.4. The molecule has 4 heteroatoms. The van der Waals surface area contributed by atoms with Gasteiger partial charge in [-0.25, -0.2) is 0 Å². The number of aryl methyl sites for hydroxylation is 1. The van der Waals surface area contributed by atoms with Gasteiger partial charge in [-0.05, 0) is 68.8 Å². The highest BCUT2D eigenvalue weighted by Crippen LogP contribution is 2.35. The number of benzene rings is 1. The molecular formula is C22H24ClN3. The van der Waals surface area contributed by atoms with Crippen LogP contribution in [0.1, 0.15) is 36.4 Å². The third-order valence-corrected chi connectivity index (χ3v) is 5.76. The molecule has 134 valence electrons. The molecule has 1 unspecified atom stereocenters. The first-order valence-corrected chi connectivity index (χ1v) is 9.44. The zero-order valence-electron chi connectivity index (χ0n) is 15.8. The van der Waals surface area contributed by atoms with Crippen LogP contribution in [0.15, 0.2) is 36.5 Å². The molecule has 1 aliphatic rings. The van der Waals surface area contributed by atoms with E-state index < -0.39 is 0 Å². The Morgan fingerprint density at radius 3 is 2.81 bits per heavy atom. The number of hydrogen-bond acceptors (Lipinski definition) is 2. The summed E-state index contributed by atoms with van der Waals surface area (Å²) in [6.07, 6.45) is 5.24. The maximum Gasteiger partial charge on any atom is 0.0529 e. The van der Waals surface area contributed by atoms with E-state index in [4.69, 9.17) is 11.6 Å². The molecular weight excluding hydrogens is 342 g/mol. The van der Waals surface area contributed by atoms with Gasteiger partial charge in [0.05, 0.1) is 5.52 Å². The molecule has 0 saturated carbocycles. The minimum absolute atomic E-state index is 0.524. The third kappa shape index (κ3) is 2.95. The maximum absolute atomic E-state index is 6.31. The van der Waals surface area contributed by atoms with Crippen molar-refractivity contribution < 1.29 is 0 Å². The largest absolute Gasteiger partial charge is 0.320 e. The van der Waals surface area contributed by atoms with Crippen LogP contribution in [0.25, 0.3) is 22.7 Å². The van der Waals surface area contributed by atoms with E-state index in [1.54, 1.807) is 0 Å². The van der Waals surface area contributed by atoms with Gasteiger partial charge in [-0.1, -0.05) is 17.7 Å². The Hall–Kier alpha value is -2.10. The van der Waals surface area contributed by atoms with Gasteiger partial charge >= 0.3 is 0 Å². The van der Waals surface area contributed by atoms with Crippen LogP contribution in [0, 0.1) is 6.92 Å². The van der Waals surface area contributed by atoms with Gasteiger partial charge < -0.3 is 4.57 Å². The normalized spacial score (nSPS) is 18.3. The number of aromatic nitrogens is 2. The fourth-order valence-corrected chi connectivity index (χ4v) is 3.93. The van der Waals surface area contributed by atoms with Crippen molar-refractivity contribution in [2.24, 2.45) is 0 Å². The van der Waals surface area contributed by atoms with Crippen molar-refractivity contribution in [3.8, 4) is 0 Å². The van der Waals surface area contributed by atoms with Crippen LogP contribution in [0.3, 0.4) is 0 Å². The quantitative estimate of drug-likeness (QED) is 0.606. The molecule has 0 N–H and O–H groups in total. The number of likely N-dealkylation sites (N-methyl/N-ethyl adjacent to an activating group) is 1. The number of nitrogens with zero attached hydrogens (tertiary/aromatic N) is 3. The number of rotatable bonds is 2. The minimum atomic E-state index is 0.524. The summed E-state index contributed by atoms with van der Waals surface area (Å²) in [6.45, 7) is 7.41. The zero-order valence-corrected chi connectivity index (χ0v) is 16.5. The summed E-state index contributed by atoms with van der Waals surface area (Å²) in [6, 6.07) is 10.9. The molecule has 0 amide bonds. The molecule has 0 spiro atoms. The Labute approximate surface area is 159 Å². The Kier molecular flexibility index (Phi) is 4.37. The molecule has 26 heavy (non-hydrogen) atoms. The van der Waals surface area contributed by atoms with Gasteiger partial charge in [0.2, 0.25) is 0 Å². The molecule has 0 fully saturated rings. The smallest absolute Gasteiger partial charge is 0.0529 e. The standard InChI is InChI=1S/C22H24ClN3/c1-14(17-6-5-15(2)24-11-17)12-26-21-8-7-18(23)10-19(21)20-13-25(4)16(3)9-22(20)26/h5-8,10-12,16H,9,13H2,1-4H3. The lowest BCUT2D eigenvalue weighted by molar-refractivity contribution is 0.230. The number of fused-ring (bicyclic) bond motifs is 3. The van der Waals surface area contributed by atoms with Crippen molar-refractivity contribution in [1.29, 1.82) is 0 Å². The molecule has 0 aliphatic carbocycles. The second-order valence-electron chi connectivity index (χ2n) is 7.43. The van der Waals surface area contributed by atoms with Crippen molar-refractivity contribution in [2.45, 2.75) is 39.8 Å². The van der Waals surface area contributed by atoms with Gasteiger partial charge in [0, 0.05) is 53.2 Å². The van der Waals surface area contributed by atoms with E-state index in [-0.39, 0.29) is 0 Å². The van der Waals surface area contributed by atoms with E-state index in [9.17, 15) is 0 Å². The van der Waals surface area contributed by atoms with E-state index in [0.29, 0.717) is 6.04 Å². The first-order valence-electron chi connectivity index (χ1n) is 9.07. The highest BCUT2D eigenvalue weighted by molar-refractivity contribution is 6.31. The highest BCUT2D eigenvalue weighted by Gasteiger charge is 2.26. The van der Waals surface area contributed by atoms with Gasteiger partial charge in [-0.15, -0.1) is 0 Å². The predicted octanol–water partition coefficient (Wildman–Crippen LogP) is 5.39. The number of hydrogen-bond donors (Lipinski definition) is 0. The highest BCUT2D eigenvalue weighted by atomic mass is 35.5. The molecule has 1 aromatic carbocycles. The average molecular weight is 366 g/mol. The van der Waals surface area contributed by atoms with Gasteiger partial charge in [0.15, 0.2) is 0 Å². The second kappa shape index (κ2) is 6.57. The van der Waals surface area contributed by atoms with Crippen molar-refractivity contribution in [2.75, 3.05) is 7.05 Å². The van der Waals surface area contributed by atoms with Crippen LogP contribution < -0.4 is 0 Å². The molecule has 3 heterocycles. The Morgan fingerprint density at radius 2 is 2.08 bits per heavy atom. The molecule has 2 aromatic heterocycles. The summed E-state index contributed by atoms with van der Waals surface area (Å²) < 4.78 is 2.36. The van der Waals surface area contributed by atoms with Crippen molar-refractivity contribution in [1.82, 2.24) is 14.5 Å². The average Bonchev–Trinajstić information content (AvgIpc) is 2.88. The summed E-state index contributed by atoms with van der Waals surface area (Å²) in [5, 5.41) is 2.06.